The van der Waals surface area contributed by atoms with Crippen molar-refractivity contribution >= 4 is 17.5 Å². The number of aliphatic hydroxyl groups excluding tert-OH is 3. The summed E-state index contributed by atoms with van der Waals surface area (Å²) in [5.41, 5.74) is -2.47. The van der Waals surface area contributed by atoms with Gasteiger partial charge in [-0.2, -0.15) is 0 Å². The Hall–Kier alpha value is -1.61. The molecule has 0 spiro atoms. The Morgan fingerprint density at radius 3 is 2.55 bits per heavy atom. The highest BCUT2D eigenvalue weighted by Gasteiger charge is 2.69. The maximum atomic E-state index is 12.5. The molecule has 8 nitrogen and oxygen atoms in total. The molecule has 3 saturated carbocycles. The number of Topliss-reactive ketones (excluding diaryl/α,β-unsaturated/α-hetero) is 1. The second-order valence-corrected chi connectivity index (χ2v) is 10.3. The molecule has 1 unspecified atom stereocenters. The molecular weight excluding hydrogens is 404 g/mol. The molecule has 172 valence electrons. The van der Waals surface area contributed by atoms with E-state index in [4.69, 9.17) is 4.74 Å². The number of hydrogen-bond acceptors (Lipinski definition) is 8. The Bertz CT molecular complexity index is 835. The van der Waals surface area contributed by atoms with Crippen LogP contribution in [0.1, 0.15) is 52.4 Å². The number of aliphatic hydroxyl groups is 4. The Balaban J connectivity index is 1.75. The van der Waals surface area contributed by atoms with E-state index >= 15 is 0 Å². The van der Waals surface area contributed by atoms with Crippen LogP contribution in [0.4, 0.5) is 0 Å². The Morgan fingerprint density at radius 1 is 1.19 bits per heavy atom. The van der Waals surface area contributed by atoms with Gasteiger partial charge < -0.3 is 25.2 Å². The summed E-state index contributed by atoms with van der Waals surface area (Å²) in [6, 6.07) is 0. The van der Waals surface area contributed by atoms with Gasteiger partial charge in [0.15, 0.2) is 11.6 Å². The van der Waals surface area contributed by atoms with E-state index in [0.717, 1.165) is 5.57 Å². The van der Waals surface area contributed by atoms with E-state index in [2.05, 4.69) is 0 Å². The summed E-state index contributed by atoms with van der Waals surface area (Å²) in [5, 5.41) is 41.3. The minimum atomic E-state index is -1.68. The van der Waals surface area contributed by atoms with Crippen LogP contribution in [-0.2, 0) is 19.1 Å². The lowest BCUT2D eigenvalue weighted by atomic mass is 9.44. The molecule has 0 aromatic heterocycles. The third kappa shape index (κ3) is 2.98. The molecular formula is C23H32O8. The summed E-state index contributed by atoms with van der Waals surface area (Å²) in [4.78, 5) is 36.7. The molecule has 0 aromatic carbocycles. The molecule has 4 aliphatic rings. The normalized spacial score (nSPS) is 46.5. The van der Waals surface area contributed by atoms with Crippen molar-refractivity contribution in [3.8, 4) is 0 Å². The van der Waals surface area contributed by atoms with E-state index in [-0.39, 0.29) is 42.8 Å². The number of ether oxygens (including phenoxy) is 1. The lowest BCUT2D eigenvalue weighted by Crippen LogP contribution is -2.64. The van der Waals surface area contributed by atoms with Crippen molar-refractivity contribution in [3.63, 3.8) is 0 Å². The number of hydrogen-bond donors (Lipinski definition) is 4. The molecule has 0 saturated heterocycles. The topological polar surface area (TPSA) is 141 Å². The summed E-state index contributed by atoms with van der Waals surface area (Å²) in [5.74, 6) is -1.96. The number of rotatable bonds is 4. The van der Waals surface area contributed by atoms with E-state index in [1.807, 2.05) is 13.8 Å². The van der Waals surface area contributed by atoms with Crippen LogP contribution in [0.3, 0.4) is 0 Å². The summed E-state index contributed by atoms with van der Waals surface area (Å²) < 4.78 is 5.52. The average Bonchev–Trinajstić information content (AvgIpc) is 2.99. The fourth-order valence-corrected chi connectivity index (χ4v) is 7.66. The third-order valence-electron chi connectivity index (χ3n) is 9.14. The molecule has 0 bridgehead atoms. The predicted octanol–water partition coefficient (Wildman–Crippen LogP) is 0.296. The fourth-order valence-electron chi connectivity index (χ4n) is 7.66. The van der Waals surface area contributed by atoms with Gasteiger partial charge in [-0.1, -0.05) is 19.4 Å². The zero-order valence-electron chi connectivity index (χ0n) is 18.0. The van der Waals surface area contributed by atoms with E-state index in [1.165, 1.54) is 0 Å². The van der Waals surface area contributed by atoms with Gasteiger partial charge in [0, 0.05) is 23.2 Å². The average molecular weight is 437 g/mol. The molecule has 0 radical (unpaired) electrons. The third-order valence-corrected chi connectivity index (χ3v) is 9.14. The van der Waals surface area contributed by atoms with Gasteiger partial charge in [-0.25, -0.2) is 4.79 Å². The van der Waals surface area contributed by atoms with Crippen molar-refractivity contribution < 1.29 is 39.5 Å². The van der Waals surface area contributed by atoms with Crippen molar-refractivity contribution in [1.29, 1.82) is 0 Å². The minimum absolute atomic E-state index is 0.00342. The lowest BCUT2D eigenvalue weighted by Gasteiger charge is -2.61. The van der Waals surface area contributed by atoms with E-state index in [0.29, 0.717) is 19.3 Å². The van der Waals surface area contributed by atoms with Crippen LogP contribution >= 0.6 is 0 Å². The van der Waals surface area contributed by atoms with Crippen LogP contribution in [0.15, 0.2) is 11.6 Å². The number of fused-ring (bicyclic) bond motifs is 5. The summed E-state index contributed by atoms with van der Waals surface area (Å²) in [6.45, 7) is 2.23. The molecule has 8 heteroatoms. The van der Waals surface area contributed by atoms with Crippen molar-refractivity contribution in [2.75, 3.05) is 13.2 Å². The minimum Gasteiger partial charge on any atom is -0.459 e. The first-order valence-electron chi connectivity index (χ1n) is 11.1. The van der Waals surface area contributed by atoms with Crippen LogP contribution in [-0.4, -0.2) is 69.0 Å². The predicted molar refractivity (Wildman–Crippen MR) is 107 cm³/mol. The largest absolute Gasteiger partial charge is 0.459 e. The molecule has 8 atom stereocenters. The first kappa shape index (κ1) is 22.6. The molecule has 4 N–H and O–H groups in total. The zero-order chi connectivity index (χ0) is 22.8. The first-order valence-corrected chi connectivity index (χ1v) is 11.1. The van der Waals surface area contributed by atoms with Crippen LogP contribution in [0.5, 0.6) is 0 Å². The Labute approximate surface area is 181 Å². The molecule has 3 fully saturated rings. The van der Waals surface area contributed by atoms with Gasteiger partial charge in [0.05, 0.1) is 6.10 Å². The van der Waals surface area contributed by atoms with Crippen LogP contribution < -0.4 is 0 Å². The van der Waals surface area contributed by atoms with E-state index in [1.54, 1.807) is 6.08 Å². The van der Waals surface area contributed by atoms with Crippen molar-refractivity contribution in [2.45, 2.75) is 70.2 Å². The molecule has 4 aliphatic carbocycles. The van der Waals surface area contributed by atoms with Crippen LogP contribution in [0.25, 0.3) is 0 Å². The highest BCUT2D eigenvalue weighted by molar-refractivity contribution is 5.92. The number of ketones is 2. The van der Waals surface area contributed by atoms with Crippen LogP contribution in [0, 0.1) is 28.6 Å². The Kier molecular flexibility index (Phi) is 5.44. The highest BCUT2D eigenvalue weighted by atomic mass is 16.6. The zero-order valence-corrected chi connectivity index (χ0v) is 18.0. The number of esters is 1. The fraction of sp³-hybridized carbons (Fsp3) is 0.783. The molecule has 0 amide bonds. The molecule has 0 aliphatic heterocycles. The second kappa shape index (κ2) is 7.47. The summed E-state index contributed by atoms with van der Waals surface area (Å²) in [6.07, 6.45) is 2.25. The number of carbonyl (C=O) groups is 3. The molecule has 0 heterocycles. The van der Waals surface area contributed by atoms with Gasteiger partial charge in [-0.15, -0.1) is 0 Å². The van der Waals surface area contributed by atoms with Crippen molar-refractivity contribution in [1.82, 2.24) is 0 Å². The van der Waals surface area contributed by atoms with Gasteiger partial charge >= 0.3 is 5.97 Å². The monoisotopic (exact) mass is 436 g/mol. The lowest BCUT2D eigenvalue weighted by molar-refractivity contribution is -0.198. The molecule has 31 heavy (non-hydrogen) atoms. The maximum Gasteiger partial charge on any atom is 0.332 e. The van der Waals surface area contributed by atoms with Gasteiger partial charge in [0.1, 0.15) is 24.9 Å². The van der Waals surface area contributed by atoms with Gasteiger partial charge in [0.2, 0.25) is 0 Å². The highest BCUT2D eigenvalue weighted by Crippen LogP contribution is 2.67. The Morgan fingerprint density at radius 2 is 1.90 bits per heavy atom. The van der Waals surface area contributed by atoms with E-state index in [9.17, 15) is 34.8 Å². The second-order valence-electron chi connectivity index (χ2n) is 10.3. The molecule has 0 aromatic rings. The summed E-state index contributed by atoms with van der Waals surface area (Å²) in [7, 11) is 0. The smallest absolute Gasteiger partial charge is 0.332 e. The van der Waals surface area contributed by atoms with Gasteiger partial charge in [-0.05, 0) is 50.0 Å². The molecule has 4 rings (SSSR count). The quantitative estimate of drug-likeness (QED) is 0.461. The van der Waals surface area contributed by atoms with E-state index < -0.39 is 53.6 Å². The van der Waals surface area contributed by atoms with Crippen molar-refractivity contribution in [3.05, 3.63) is 11.6 Å². The standard InChI is InChI=1S/C23H32O8/c1-21-9-16(27)20-14(15(21)5-6-23(21,30)17(28)10-24)4-3-12-7-13(26)8-18(22(12,20)2)31-19(29)11-25/h7,14-16,18,20,24-25,27,30H,3-6,8-11H2,1-2H3/t14-,15-,16-,18?,20+,21-,22+,23-/m0/s1. The van der Waals surface area contributed by atoms with Crippen molar-refractivity contribution in [2.24, 2.45) is 28.6 Å². The van der Waals surface area contributed by atoms with Gasteiger partial charge in [0.25, 0.3) is 0 Å². The van der Waals surface area contributed by atoms with Gasteiger partial charge in [-0.3, -0.25) is 9.59 Å². The SMILES string of the molecule is C[C@]12C[C@H](O)[C@H]3[C@@H](CCC4=CC(=O)CC(OC(=O)CO)[C@@]43C)[C@@H]1CC[C@]2(O)C(=O)CO. The summed E-state index contributed by atoms with van der Waals surface area (Å²) >= 11 is 0. The maximum absolute atomic E-state index is 12.5. The number of carbonyl (C=O) groups excluding carboxylic acids is 3. The van der Waals surface area contributed by atoms with Crippen LogP contribution in [0.2, 0.25) is 0 Å². The first-order chi connectivity index (χ1) is 14.5.